The molecule has 1 aromatic carbocycles. The number of benzene rings is 1. The van der Waals surface area contributed by atoms with Crippen LogP contribution in [-0.2, 0) is 13.6 Å². The summed E-state index contributed by atoms with van der Waals surface area (Å²) in [6, 6.07) is 8.28. The van der Waals surface area contributed by atoms with Gasteiger partial charge in [-0.1, -0.05) is 18.2 Å². The van der Waals surface area contributed by atoms with Crippen molar-refractivity contribution in [1.82, 2.24) is 25.3 Å². The molecule has 0 radical (unpaired) electrons. The molecule has 1 heterocycles. The lowest BCUT2D eigenvalue weighted by Crippen LogP contribution is -2.41. The Kier molecular flexibility index (Phi) is 7.45. The molecular formula is C21H34N6O. The highest BCUT2D eigenvalue weighted by molar-refractivity contribution is 5.79. The second-order valence-corrected chi connectivity index (χ2v) is 8.06. The summed E-state index contributed by atoms with van der Waals surface area (Å²) in [6.07, 6.45) is 3.95. The van der Waals surface area contributed by atoms with Crippen LogP contribution in [0.15, 0.2) is 41.7 Å². The number of nitrogens with one attached hydrogen (secondary N) is 2. The third-order valence-electron chi connectivity index (χ3n) is 4.25. The number of rotatable bonds is 7. The fraction of sp³-hybridized carbons (Fsp3) is 0.524. The van der Waals surface area contributed by atoms with Crippen LogP contribution in [0.25, 0.3) is 0 Å². The van der Waals surface area contributed by atoms with Gasteiger partial charge >= 0.3 is 0 Å². The zero-order chi connectivity index (χ0) is 20.7. The number of nitrogens with zero attached hydrogens (tertiary/aromatic N) is 4. The van der Waals surface area contributed by atoms with Crippen molar-refractivity contribution < 1.29 is 4.74 Å². The van der Waals surface area contributed by atoms with Crippen LogP contribution < -0.4 is 15.4 Å². The average Bonchev–Trinajstić information content (AvgIpc) is 3.03. The van der Waals surface area contributed by atoms with E-state index in [1.54, 1.807) is 7.05 Å². The van der Waals surface area contributed by atoms with Crippen LogP contribution in [0.3, 0.4) is 0 Å². The Morgan fingerprint density at radius 3 is 2.54 bits per heavy atom. The molecule has 1 aromatic heterocycles. The lowest BCUT2D eigenvalue weighted by molar-refractivity contribution is 0.129. The number of aliphatic imine (C=N–C) groups is 1. The second-order valence-electron chi connectivity index (χ2n) is 8.06. The zero-order valence-corrected chi connectivity index (χ0v) is 18.2. The van der Waals surface area contributed by atoms with Crippen LogP contribution in [-0.4, -0.2) is 53.9 Å². The summed E-state index contributed by atoms with van der Waals surface area (Å²) in [6.45, 7) is 7.51. The van der Waals surface area contributed by atoms with E-state index in [-0.39, 0.29) is 11.6 Å². The van der Waals surface area contributed by atoms with Crippen molar-refractivity contribution >= 4 is 5.96 Å². The molecule has 0 bridgehead atoms. The monoisotopic (exact) mass is 386 g/mol. The molecule has 7 heteroatoms. The van der Waals surface area contributed by atoms with E-state index in [0.29, 0.717) is 6.54 Å². The van der Waals surface area contributed by atoms with Crippen LogP contribution in [0, 0.1) is 0 Å². The summed E-state index contributed by atoms with van der Waals surface area (Å²) >= 11 is 0. The van der Waals surface area contributed by atoms with Gasteiger partial charge in [0.25, 0.3) is 0 Å². The molecule has 0 saturated carbocycles. The highest BCUT2D eigenvalue weighted by Crippen LogP contribution is 2.22. The van der Waals surface area contributed by atoms with Gasteiger partial charge in [0.1, 0.15) is 11.4 Å². The predicted molar refractivity (Wildman–Crippen MR) is 115 cm³/mol. The summed E-state index contributed by atoms with van der Waals surface area (Å²) in [5.41, 5.74) is 2.02. The number of ether oxygens (including phenoxy) is 1. The smallest absolute Gasteiger partial charge is 0.191 e. The quantitative estimate of drug-likeness (QED) is 0.566. The van der Waals surface area contributed by atoms with Crippen molar-refractivity contribution in [2.24, 2.45) is 12.0 Å². The Hall–Kier alpha value is -2.54. The van der Waals surface area contributed by atoms with Crippen LogP contribution in [0.2, 0.25) is 0 Å². The molecular weight excluding hydrogens is 352 g/mol. The number of likely N-dealkylation sites (N-methyl/N-ethyl adjacent to an activating group) is 1. The van der Waals surface area contributed by atoms with Crippen LogP contribution in [0.5, 0.6) is 5.75 Å². The molecule has 0 spiro atoms. The number of hydrogen-bond acceptors (Lipinski definition) is 4. The van der Waals surface area contributed by atoms with E-state index < -0.39 is 0 Å². The van der Waals surface area contributed by atoms with Gasteiger partial charge < -0.3 is 20.3 Å². The second kappa shape index (κ2) is 9.59. The van der Waals surface area contributed by atoms with Gasteiger partial charge in [0.15, 0.2) is 5.96 Å². The minimum absolute atomic E-state index is 0.198. The van der Waals surface area contributed by atoms with E-state index in [4.69, 9.17) is 4.74 Å². The number of aryl methyl sites for hydroxylation is 1. The Bertz CT molecular complexity index is 775. The maximum Gasteiger partial charge on any atom is 0.191 e. The van der Waals surface area contributed by atoms with Crippen molar-refractivity contribution in [2.45, 2.75) is 39.0 Å². The number of guanidine groups is 1. The number of aromatic nitrogens is 2. The normalized spacial score (nSPS) is 13.5. The molecule has 7 nitrogen and oxygen atoms in total. The Morgan fingerprint density at radius 2 is 1.96 bits per heavy atom. The largest absolute Gasteiger partial charge is 0.488 e. The van der Waals surface area contributed by atoms with Crippen molar-refractivity contribution in [2.75, 3.05) is 27.7 Å². The molecule has 2 rings (SSSR count). The molecule has 0 amide bonds. The third kappa shape index (κ3) is 6.56. The van der Waals surface area contributed by atoms with Crippen LogP contribution in [0.1, 0.15) is 37.9 Å². The molecule has 0 saturated heterocycles. The summed E-state index contributed by atoms with van der Waals surface area (Å²) in [5, 5.41) is 11.1. The van der Waals surface area contributed by atoms with Crippen molar-refractivity contribution in [3.63, 3.8) is 0 Å². The average molecular weight is 387 g/mol. The molecule has 2 N–H and O–H groups in total. The van der Waals surface area contributed by atoms with Gasteiger partial charge in [-0.15, -0.1) is 0 Å². The number of hydrogen-bond donors (Lipinski definition) is 2. The molecule has 0 fully saturated rings. The SMILES string of the molecule is CN=C(NCc1ccccc1OC(C)(C)C)NCC(c1cnn(C)c1)N(C)C. The Balaban J connectivity index is 1.98. The van der Waals surface area contributed by atoms with Gasteiger partial charge in [-0.2, -0.15) is 5.10 Å². The van der Waals surface area contributed by atoms with Gasteiger partial charge in [-0.25, -0.2) is 0 Å². The molecule has 1 atom stereocenters. The first kappa shape index (κ1) is 21.8. The van der Waals surface area contributed by atoms with Gasteiger partial charge in [0, 0.05) is 44.5 Å². The van der Waals surface area contributed by atoms with E-state index in [9.17, 15) is 0 Å². The topological polar surface area (TPSA) is 66.7 Å². The standard InChI is InChI=1S/C21H34N6O/c1-21(2,3)28-19-11-9-8-10-16(19)12-23-20(22-4)24-14-18(26(5)6)17-13-25-27(7)15-17/h8-11,13,15,18H,12,14H2,1-7H3,(H2,22,23,24). The van der Waals surface area contributed by atoms with E-state index in [1.807, 2.05) is 42.3 Å². The first-order valence-electron chi connectivity index (χ1n) is 9.56. The summed E-state index contributed by atoms with van der Waals surface area (Å²) < 4.78 is 7.90. The van der Waals surface area contributed by atoms with E-state index in [1.165, 1.54) is 5.56 Å². The maximum absolute atomic E-state index is 6.07. The first-order valence-corrected chi connectivity index (χ1v) is 9.56. The molecule has 2 aromatic rings. The third-order valence-corrected chi connectivity index (χ3v) is 4.25. The van der Waals surface area contributed by atoms with Gasteiger partial charge in [0.2, 0.25) is 0 Å². The van der Waals surface area contributed by atoms with Gasteiger partial charge in [-0.05, 0) is 40.9 Å². The minimum atomic E-state index is -0.237. The van der Waals surface area contributed by atoms with Crippen LogP contribution >= 0.6 is 0 Å². The Morgan fingerprint density at radius 1 is 1.25 bits per heavy atom. The molecule has 154 valence electrons. The molecule has 0 aliphatic rings. The molecule has 0 aliphatic heterocycles. The number of para-hydroxylation sites is 1. The predicted octanol–water partition coefficient (Wildman–Crippen LogP) is 2.57. The van der Waals surface area contributed by atoms with E-state index in [0.717, 1.165) is 23.8 Å². The molecule has 1 unspecified atom stereocenters. The molecule has 0 aliphatic carbocycles. The fourth-order valence-corrected chi connectivity index (χ4v) is 2.88. The van der Waals surface area contributed by atoms with E-state index >= 15 is 0 Å². The maximum atomic E-state index is 6.07. The Labute approximate surface area is 168 Å². The zero-order valence-electron chi connectivity index (χ0n) is 18.2. The lowest BCUT2D eigenvalue weighted by atomic mass is 10.1. The highest BCUT2D eigenvalue weighted by atomic mass is 16.5. The minimum Gasteiger partial charge on any atom is -0.488 e. The van der Waals surface area contributed by atoms with Crippen molar-refractivity contribution in [3.05, 3.63) is 47.8 Å². The van der Waals surface area contributed by atoms with Crippen molar-refractivity contribution in [1.29, 1.82) is 0 Å². The first-order chi connectivity index (χ1) is 13.2. The van der Waals surface area contributed by atoms with Crippen molar-refractivity contribution in [3.8, 4) is 5.75 Å². The van der Waals surface area contributed by atoms with Gasteiger partial charge in [-0.3, -0.25) is 9.67 Å². The fourth-order valence-electron chi connectivity index (χ4n) is 2.88. The van der Waals surface area contributed by atoms with E-state index in [2.05, 4.69) is 66.6 Å². The van der Waals surface area contributed by atoms with Gasteiger partial charge in [0.05, 0.1) is 12.2 Å². The lowest BCUT2D eigenvalue weighted by Gasteiger charge is -2.25. The summed E-state index contributed by atoms with van der Waals surface area (Å²) in [7, 11) is 7.84. The summed E-state index contributed by atoms with van der Waals surface area (Å²) in [5.74, 6) is 1.64. The summed E-state index contributed by atoms with van der Waals surface area (Å²) in [4.78, 5) is 6.52. The highest BCUT2D eigenvalue weighted by Gasteiger charge is 2.17. The van der Waals surface area contributed by atoms with Crippen LogP contribution in [0.4, 0.5) is 0 Å². The molecule has 28 heavy (non-hydrogen) atoms.